The van der Waals surface area contributed by atoms with Gasteiger partial charge in [-0.05, 0) is 24.7 Å². The minimum absolute atomic E-state index is 0.00690. The van der Waals surface area contributed by atoms with Crippen LogP contribution in [0.2, 0.25) is 0 Å². The Labute approximate surface area is 103 Å². The van der Waals surface area contributed by atoms with Gasteiger partial charge in [-0.1, -0.05) is 26.7 Å². The van der Waals surface area contributed by atoms with E-state index in [-0.39, 0.29) is 24.4 Å². The number of nitrogens with one attached hydrogen (secondary N) is 1. The van der Waals surface area contributed by atoms with Crippen LogP contribution < -0.4 is 5.32 Å². The van der Waals surface area contributed by atoms with Gasteiger partial charge in [0.2, 0.25) is 11.8 Å². The van der Waals surface area contributed by atoms with Crippen LogP contribution >= 0.6 is 0 Å². The molecule has 0 aromatic rings. The molecule has 0 aromatic heterocycles. The van der Waals surface area contributed by atoms with E-state index in [1.807, 2.05) is 0 Å². The zero-order valence-electron chi connectivity index (χ0n) is 10.7. The predicted octanol–water partition coefficient (Wildman–Crippen LogP) is 1.16. The van der Waals surface area contributed by atoms with Gasteiger partial charge in [-0.15, -0.1) is 0 Å². The van der Waals surface area contributed by atoms with E-state index in [0.717, 1.165) is 32.2 Å². The highest BCUT2D eigenvalue weighted by molar-refractivity contribution is 5.95. The van der Waals surface area contributed by atoms with Gasteiger partial charge in [0.1, 0.15) is 6.04 Å². The summed E-state index contributed by atoms with van der Waals surface area (Å²) in [6.07, 6.45) is 4.29. The van der Waals surface area contributed by atoms with Crippen molar-refractivity contribution in [1.82, 2.24) is 10.2 Å². The van der Waals surface area contributed by atoms with Crippen LogP contribution in [0.3, 0.4) is 0 Å². The van der Waals surface area contributed by atoms with Gasteiger partial charge in [0.05, 0.1) is 6.54 Å². The Morgan fingerprint density at radius 3 is 2.47 bits per heavy atom. The number of carbonyl (C=O) groups is 2. The second-order valence-electron chi connectivity index (χ2n) is 5.28. The number of hydrogen-bond acceptors (Lipinski definition) is 2. The molecule has 0 bridgehead atoms. The average molecular weight is 238 g/mol. The SMILES string of the molecule is CCC(CC)CN1CC(=O)NC(C2CC2)C1=O. The fraction of sp³-hybridized carbons (Fsp3) is 0.846. The summed E-state index contributed by atoms with van der Waals surface area (Å²) in [6.45, 7) is 5.27. The highest BCUT2D eigenvalue weighted by atomic mass is 16.2. The third-order valence-electron chi connectivity index (χ3n) is 3.96. The van der Waals surface area contributed by atoms with Crippen molar-refractivity contribution in [1.29, 1.82) is 0 Å². The number of amides is 2. The van der Waals surface area contributed by atoms with Crippen LogP contribution in [0, 0.1) is 11.8 Å². The number of piperazine rings is 1. The largest absolute Gasteiger partial charge is 0.342 e. The van der Waals surface area contributed by atoms with Crippen LogP contribution in [0.1, 0.15) is 39.5 Å². The van der Waals surface area contributed by atoms with Crippen LogP contribution in [0.25, 0.3) is 0 Å². The van der Waals surface area contributed by atoms with Gasteiger partial charge in [0.15, 0.2) is 0 Å². The molecule has 17 heavy (non-hydrogen) atoms. The van der Waals surface area contributed by atoms with Crippen molar-refractivity contribution < 1.29 is 9.59 Å². The zero-order valence-corrected chi connectivity index (χ0v) is 10.7. The number of nitrogens with zero attached hydrogens (tertiary/aromatic N) is 1. The van der Waals surface area contributed by atoms with Crippen molar-refractivity contribution in [2.45, 2.75) is 45.6 Å². The molecule has 2 rings (SSSR count). The molecule has 4 heteroatoms. The second-order valence-corrected chi connectivity index (χ2v) is 5.28. The van der Waals surface area contributed by atoms with Gasteiger partial charge >= 0.3 is 0 Å². The van der Waals surface area contributed by atoms with Crippen LogP contribution in [-0.2, 0) is 9.59 Å². The standard InChI is InChI=1S/C13H22N2O2/c1-3-9(4-2)7-15-8-11(16)14-12(13(15)17)10-5-6-10/h9-10,12H,3-8H2,1-2H3,(H,14,16). The molecule has 0 radical (unpaired) electrons. The Balaban J connectivity index is 1.99. The second kappa shape index (κ2) is 5.07. The maximum atomic E-state index is 12.2. The van der Waals surface area contributed by atoms with Gasteiger partial charge in [0, 0.05) is 6.54 Å². The van der Waals surface area contributed by atoms with Gasteiger partial charge < -0.3 is 10.2 Å². The van der Waals surface area contributed by atoms with E-state index in [9.17, 15) is 9.59 Å². The summed E-state index contributed by atoms with van der Waals surface area (Å²) >= 11 is 0. The summed E-state index contributed by atoms with van der Waals surface area (Å²) in [5.41, 5.74) is 0. The fourth-order valence-electron chi connectivity index (χ4n) is 2.49. The molecular weight excluding hydrogens is 216 g/mol. The first-order chi connectivity index (χ1) is 8.15. The molecular formula is C13H22N2O2. The van der Waals surface area contributed by atoms with Crippen LogP contribution in [0.5, 0.6) is 0 Å². The molecule has 2 fully saturated rings. The lowest BCUT2D eigenvalue weighted by Crippen LogP contribution is -2.59. The maximum absolute atomic E-state index is 12.2. The van der Waals surface area contributed by atoms with Gasteiger partial charge in [-0.3, -0.25) is 9.59 Å². The topological polar surface area (TPSA) is 49.4 Å². The first-order valence-electron chi connectivity index (χ1n) is 6.73. The quantitative estimate of drug-likeness (QED) is 0.781. The van der Waals surface area contributed by atoms with Crippen molar-refractivity contribution in [3.63, 3.8) is 0 Å². The van der Waals surface area contributed by atoms with Crippen LogP contribution in [-0.4, -0.2) is 35.8 Å². The predicted molar refractivity (Wildman–Crippen MR) is 65.3 cm³/mol. The molecule has 4 nitrogen and oxygen atoms in total. The van der Waals surface area contributed by atoms with E-state index in [0.29, 0.717) is 11.8 Å². The molecule has 1 unspecified atom stereocenters. The van der Waals surface area contributed by atoms with Gasteiger partial charge in [0.25, 0.3) is 0 Å². The van der Waals surface area contributed by atoms with E-state index < -0.39 is 0 Å². The lowest BCUT2D eigenvalue weighted by molar-refractivity contribution is -0.145. The molecule has 1 aliphatic heterocycles. The molecule has 2 amide bonds. The Bertz CT molecular complexity index is 309. The minimum Gasteiger partial charge on any atom is -0.342 e. The first kappa shape index (κ1) is 12.4. The average Bonchev–Trinajstić information content (AvgIpc) is 3.13. The van der Waals surface area contributed by atoms with E-state index in [1.165, 1.54) is 0 Å². The summed E-state index contributed by atoms with van der Waals surface area (Å²) in [5, 5.41) is 2.84. The molecule has 1 atom stereocenters. The first-order valence-corrected chi connectivity index (χ1v) is 6.73. The van der Waals surface area contributed by atoms with Crippen molar-refractivity contribution in [2.24, 2.45) is 11.8 Å². The van der Waals surface area contributed by atoms with E-state index in [2.05, 4.69) is 19.2 Å². The fourth-order valence-corrected chi connectivity index (χ4v) is 2.49. The van der Waals surface area contributed by atoms with E-state index in [1.54, 1.807) is 4.90 Å². The molecule has 1 N–H and O–H groups in total. The summed E-state index contributed by atoms with van der Waals surface area (Å²) < 4.78 is 0. The third-order valence-corrected chi connectivity index (χ3v) is 3.96. The summed E-state index contributed by atoms with van der Waals surface area (Å²) in [5.74, 6) is 1.06. The van der Waals surface area contributed by atoms with Gasteiger partial charge in [-0.2, -0.15) is 0 Å². The lowest BCUT2D eigenvalue weighted by atomic mass is 10.0. The smallest absolute Gasteiger partial charge is 0.245 e. The number of hydrogen-bond donors (Lipinski definition) is 1. The van der Waals surface area contributed by atoms with Crippen molar-refractivity contribution in [3.8, 4) is 0 Å². The van der Waals surface area contributed by atoms with Gasteiger partial charge in [-0.25, -0.2) is 0 Å². The zero-order chi connectivity index (χ0) is 12.4. The Morgan fingerprint density at radius 1 is 1.29 bits per heavy atom. The van der Waals surface area contributed by atoms with E-state index >= 15 is 0 Å². The van der Waals surface area contributed by atoms with Crippen LogP contribution in [0.15, 0.2) is 0 Å². The minimum atomic E-state index is -0.231. The normalized spacial score (nSPS) is 25.4. The van der Waals surface area contributed by atoms with Crippen LogP contribution in [0.4, 0.5) is 0 Å². The van der Waals surface area contributed by atoms with Crippen molar-refractivity contribution >= 4 is 11.8 Å². The molecule has 2 aliphatic rings. The molecule has 1 aliphatic carbocycles. The molecule has 1 heterocycles. The maximum Gasteiger partial charge on any atom is 0.245 e. The number of carbonyl (C=O) groups excluding carboxylic acids is 2. The number of rotatable bonds is 5. The molecule has 1 saturated heterocycles. The Morgan fingerprint density at radius 2 is 1.94 bits per heavy atom. The Hall–Kier alpha value is -1.06. The lowest BCUT2D eigenvalue weighted by Gasteiger charge is -2.34. The summed E-state index contributed by atoms with van der Waals surface area (Å²) in [4.78, 5) is 25.6. The highest BCUT2D eigenvalue weighted by Crippen LogP contribution is 2.34. The highest BCUT2D eigenvalue weighted by Gasteiger charge is 2.42. The van der Waals surface area contributed by atoms with Crippen molar-refractivity contribution in [3.05, 3.63) is 0 Å². The molecule has 0 spiro atoms. The summed E-state index contributed by atoms with van der Waals surface area (Å²) in [6, 6.07) is -0.231. The molecule has 96 valence electrons. The molecule has 0 aromatic carbocycles. The molecule has 1 saturated carbocycles. The monoisotopic (exact) mass is 238 g/mol. The van der Waals surface area contributed by atoms with Crippen molar-refractivity contribution in [2.75, 3.05) is 13.1 Å². The third kappa shape index (κ3) is 2.79. The summed E-state index contributed by atoms with van der Waals surface area (Å²) in [7, 11) is 0. The van der Waals surface area contributed by atoms with E-state index in [4.69, 9.17) is 0 Å². The Kier molecular flexibility index (Phi) is 3.69.